The van der Waals surface area contributed by atoms with Crippen molar-refractivity contribution in [3.05, 3.63) is 11.4 Å². The fourth-order valence-electron chi connectivity index (χ4n) is 1.60. The van der Waals surface area contributed by atoms with Gasteiger partial charge < -0.3 is 10.1 Å². The van der Waals surface area contributed by atoms with Crippen LogP contribution in [-0.4, -0.2) is 39.5 Å². The molecule has 1 aromatic rings. The number of hydrogen-bond donors (Lipinski definition) is 1. The van der Waals surface area contributed by atoms with E-state index in [2.05, 4.69) is 15.6 Å². The summed E-state index contributed by atoms with van der Waals surface area (Å²) in [7, 11) is 1.60. The molecule has 0 atom stereocenters. The van der Waals surface area contributed by atoms with E-state index in [1.54, 1.807) is 39.4 Å². The lowest BCUT2D eigenvalue weighted by Crippen LogP contribution is -2.24. The zero-order valence-corrected chi connectivity index (χ0v) is 12.7. The molecule has 0 radical (unpaired) electrons. The van der Waals surface area contributed by atoms with Crippen molar-refractivity contribution in [2.24, 2.45) is 0 Å². The number of rotatable bonds is 5. The van der Waals surface area contributed by atoms with Crippen molar-refractivity contribution in [1.82, 2.24) is 20.3 Å². The number of carbonyl (C=O) groups excluding carboxylic acids is 2. The first kappa shape index (κ1) is 16.1. The molecule has 1 heterocycles. The average Bonchev–Trinajstić information content (AvgIpc) is 2.69. The maximum Gasteiger partial charge on any atom is 0.361 e. The predicted octanol–water partition coefficient (Wildman–Crippen LogP) is 1.07. The van der Waals surface area contributed by atoms with Gasteiger partial charge in [-0.05, 0) is 34.1 Å². The van der Waals surface area contributed by atoms with E-state index < -0.39 is 11.6 Å². The summed E-state index contributed by atoms with van der Waals surface area (Å²) in [6.07, 6.45) is 1.05. The summed E-state index contributed by atoms with van der Waals surface area (Å²) in [6.45, 7) is 7.70. The highest BCUT2D eigenvalue weighted by Gasteiger charge is 2.23. The smallest absolute Gasteiger partial charge is 0.361 e. The van der Waals surface area contributed by atoms with Crippen LogP contribution in [-0.2, 0) is 16.1 Å². The van der Waals surface area contributed by atoms with E-state index in [0.29, 0.717) is 25.1 Å². The lowest BCUT2D eigenvalue weighted by molar-refractivity contribution is -0.120. The molecule has 0 aliphatic heterocycles. The van der Waals surface area contributed by atoms with Gasteiger partial charge in [-0.3, -0.25) is 4.79 Å². The van der Waals surface area contributed by atoms with Gasteiger partial charge in [0.15, 0.2) is 5.69 Å². The van der Waals surface area contributed by atoms with Gasteiger partial charge in [0.2, 0.25) is 5.91 Å². The van der Waals surface area contributed by atoms with Crippen LogP contribution in [0.1, 0.15) is 49.8 Å². The third-order valence-corrected chi connectivity index (χ3v) is 2.63. The van der Waals surface area contributed by atoms with Crippen molar-refractivity contribution in [2.75, 3.05) is 7.05 Å². The molecule has 7 nitrogen and oxygen atoms in total. The molecule has 0 aliphatic rings. The Morgan fingerprint density at radius 3 is 2.55 bits per heavy atom. The van der Waals surface area contributed by atoms with E-state index in [4.69, 9.17) is 4.74 Å². The number of hydrogen-bond acceptors (Lipinski definition) is 5. The molecule has 0 bridgehead atoms. The second kappa shape index (κ2) is 6.49. The van der Waals surface area contributed by atoms with Gasteiger partial charge in [-0.2, -0.15) is 0 Å². The Hall–Kier alpha value is -1.92. The maximum absolute atomic E-state index is 11.9. The van der Waals surface area contributed by atoms with Crippen LogP contribution in [0.3, 0.4) is 0 Å². The Kier molecular flexibility index (Phi) is 5.24. The Morgan fingerprint density at radius 2 is 2.00 bits per heavy atom. The molecule has 1 N–H and O–H groups in total. The number of aryl methyl sites for hydroxylation is 1. The Balaban J connectivity index is 2.65. The number of carbonyl (C=O) groups is 2. The van der Waals surface area contributed by atoms with Crippen molar-refractivity contribution in [2.45, 2.75) is 52.7 Å². The summed E-state index contributed by atoms with van der Waals surface area (Å²) in [4.78, 5) is 23.0. The van der Waals surface area contributed by atoms with Crippen LogP contribution in [0.5, 0.6) is 0 Å². The first-order chi connectivity index (χ1) is 9.24. The quantitative estimate of drug-likeness (QED) is 0.816. The van der Waals surface area contributed by atoms with Gasteiger partial charge >= 0.3 is 5.97 Å². The van der Waals surface area contributed by atoms with Gasteiger partial charge in [-0.1, -0.05) is 5.21 Å². The van der Waals surface area contributed by atoms with Crippen molar-refractivity contribution in [3.8, 4) is 0 Å². The Morgan fingerprint density at radius 1 is 1.35 bits per heavy atom. The van der Waals surface area contributed by atoms with E-state index in [0.717, 1.165) is 0 Å². The SMILES string of the molecule is CNC(=O)CCCn1nnc(C(=O)OC(C)(C)C)c1C. The van der Waals surface area contributed by atoms with E-state index in [1.165, 1.54) is 0 Å². The fraction of sp³-hybridized carbons (Fsp3) is 0.692. The van der Waals surface area contributed by atoms with E-state index in [9.17, 15) is 9.59 Å². The van der Waals surface area contributed by atoms with Crippen LogP contribution in [0.2, 0.25) is 0 Å². The van der Waals surface area contributed by atoms with Crippen LogP contribution in [0.4, 0.5) is 0 Å². The average molecular weight is 282 g/mol. The minimum Gasteiger partial charge on any atom is -0.455 e. The minimum atomic E-state index is -0.563. The normalized spacial score (nSPS) is 11.2. The number of esters is 1. The van der Waals surface area contributed by atoms with Gasteiger partial charge in [-0.25, -0.2) is 9.48 Å². The zero-order valence-electron chi connectivity index (χ0n) is 12.7. The summed E-state index contributed by atoms with van der Waals surface area (Å²) in [5.41, 5.74) is 0.308. The lowest BCUT2D eigenvalue weighted by Gasteiger charge is -2.18. The fourth-order valence-corrected chi connectivity index (χ4v) is 1.60. The number of ether oxygens (including phenoxy) is 1. The predicted molar refractivity (Wildman–Crippen MR) is 73.2 cm³/mol. The van der Waals surface area contributed by atoms with Gasteiger partial charge in [0.1, 0.15) is 5.60 Å². The molecule has 1 aromatic heterocycles. The highest BCUT2D eigenvalue weighted by Crippen LogP contribution is 2.13. The van der Waals surface area contributed by atoms with E-state index in [-0.39, 0.29) is 11.6 Å². The molecular formula is C13H22N4O3. The Bertz CT molecular complexity index is 488. The van der Waals surface area contributed by atoms with Crippen molar-refractivity contribution in [3.63, 3.8) is 0 Å². The first-order valence-electron chi connectivity index (χ1n) is 6.58. The number of aromatic nitrogens is 3. The standard InChI is InChI=1S/C13H22N4O3/c1-9-11(12(19)20-13(2,3)4)15-16-17(9)8-6-7-10(18)14-5/h6-8H2,1-5H3,(H,14,18). The summed E-state index contributed by atoms with van der Waals surface area (Å²) in [5.74, 6) is -0.498. The molecule has 0 fully saturated rings. The Labute approximate surface area is 118 Å². The number of nitrogens with zero attached hydrogens (tertiary/aromatic N) is 3. The summed E-state index contributed by atoms with van der Waals surface area (Å²) in [5, 5.41) is 10.3. The topological polar surface area (TPSA) is 86.1 Å². The van der Waals surface area contributed by atoms with Crippen LogP contribution >= 0.6 is 0 Å². The molecule has 20 heavy (non-hydrogen) atoms. The van der Waals surface area contributed by atoms with Crippen molar-refractivity contribution >= 4 is 11.9 Å². The van der Waals surface area contributed by atoms with E-state index >= 15 is 0 Å². The van der Waals surface area contributed by atoms with Crippen LogP contribution in [0.15, 0.2) is 0 Å². The summed E-state index contributed by atoms with van der Waals surface area (Å²) >= 11 is 0. The third-order valence-electron chi connectivity index (χ3n) is 2.63. The zero-order chi connectivity index (χ0) is 15.3. The summed E-state index contributed by atoms with van der Waals surface area (Å²) in [6, 6.07) is 0. The molecule has 1 amide bonds. The molecule has 7 heteroatoms. The van der Waals surface area contributed by atoms with Gasteiger partial charge in [0, 0.05) is 20.0 Å². The molecule has 0 saturated carbocycles. The maximum atomic E-state index is 11.9. The largest absolute Gasteiger partial charge is 0.455 e. The molecule has 1 rings (SSSR count). The van der Waals surface area contributed by atoms with Crippen LogP contribution < -0.4 is 5.32 Å². The first-order valence-corrected chi connectivity index (χ1v) is 6.58. The second-order valence-electron chi connectivity index (χ2n) is 5.53. The van der Waals surface area contributed by atoms with Crippen molar-refractivity contribution < 1.29 is 14.3 Å². The highest BCUT2D eigenvalue weighted by atomic mass is 16.6. The number of amides is 1. The molecule has 0 aromatic carbocycles. The molecule has 0 aliphatic carbocycles. The molecule has 0 unspecified atom stereocenters. The van der Waals surface area contributed by atoms with Gasteiger partial charge in [-0.15, -0.1) is 5.10 Å². The minimum absolute atomic E-state index is 0.0184. The second-order valence-corrected chi connectivity index (χ2v) is 5.53. The monoisotopic (exact) mass is 282 g/mol. The molecule has 0 spiro atoms. The molecular weight excluding hydrogens is 260 g/mol. The molecule has 0 saturated heterocycles. The third kappa shape index (κ3) is 4.64. The van der Waals surface area contributed by atoms with Crippen LogP contribution in [0, 0.1) is 6.92 Å². The molecule has 112 valence electrons. The highest BCUT2D eigenvalue weighted by molar-refractivity contribution is 5.88. The van der Waals surface area contributed by atoms with Gasteiger partial charge in [0.05, 0.1) is 5.69 Å². The van der Waals surface area contributed by atoms with E-state index in [1.807, 2.05) is 0 Å². The lowest BCUT2D eigenvalue weighted by atomic mass is 10.2. The summed E-state index contributed by atoms with van der Waals surface area (Å²) < 4.78 is 6.87. The van der Waals surface area contributed by atoms with Gasteiger partial charge in [0.25, 0.3) is 0 Å². The van der Waals surface area contributed by atoms with Crippen LogP contribution in [0.25, 0.3) is 0 Å². The number of nitrogens with one attached hydrogen (secondary N) is 1. The van der Waals surface area contributed by atoms with Crippen molar-refractivity contribution in [1.29, 1.82) is 0 Å².